The standard InChI is InChI=1S/C16H21N6O2.CH3/c1-14(17-19-15-6-2-4-8-21(15)10-12-23)18-20-16-7-3-5-9-22(16)11-13-24;/h2-9,23-24H,10-13H2,1H3;1H3/q+1;-1. The van der Waals surface area contributed by atoms with Gasteiger partial charge in [-0.25, -0.2) is 4.57 Å². The molecule has 0 aliphatic rings. The maximum atomic E-state index is 9.05. The molecule has 0 aliphatic heterocycles. The largest absolute Gasteiger partial charge is 0.395 e. The second-order valence-corrected chi connectivity index (χ2v) is 4.90. The van der Waals surface area contributed by atoms with Crippen molar-refractivity contribution in [2.45, 2.75) is 20.0 Å². The first-order valence-corrected chi connectivity index (χ1v) is 7.60. The summed E-state index contributed by atoms with van der Waals surface area (Å²) in [6.45, 7) is 2.64. The molecule has 0 spiro atoms. The van der Waals surface area contributed by atoms with Crippen LogP contribution in [0.1, 0.15) is 6.92 Å². The molecule has 0 radical (unpaired) electrons. The molecule has 0 saturated heterocycles. The second-order valence-electron chi connectivity index (χ2n) is 4.90. The van der Waals surface area contributed by atoms with Crippen molar-refractivity contribution in [3.8, 4) is 0 Å². The fraction of sp³-hybridized carbons (Fsp3) is 0.294. The predicted octanol–water partition coefficient (Wildman–Crippen LogP) is 1.23. The first-order chi connectivity index (χ1) is 11.7. The zero-order valence-corrected chi connectivity index (χ0v) is 14.5. The van der Waals surface area contributed by atoms with Gasteiger partial charge in [0.1, 0.15) is 6.54 Å². The van der Waals surface area contributed by atoms with E-state index in [1.165, 1.54) is 0 Å². The van der Waals surface area contributed by atoms with E-state index in [1.54, 1.807) is 28.2 Å². The molecule has 8 nitrogen and oxygen atoms in total. The van der Waals surface area contributed by atoms with E-state index in [1.807, 2.05) is 36.7 Å². The molecular formula is C17H24N6O2. The van der Waals surface area contributed by atoms with Gasteiger partial charge >= 0.3 is 5.82 Å². The molecule has 0 aromatic carbocycles. The van der Waals surface area contributed by atoms with Crippen LogP contribution in [0.25, 0.3) is 0 Å². The number of hydrogen-bond acceptors (Lipinski definition) is 5. The molecule has 0 atom stereocenters. The highest BCUT2D eigenvalue weighted by Gasteiger charge is 2.07. The van der Waals surface area contributed by atoms with E-state index < -0.39 is 0 Å². The Morgan fingerprint density at radius 2 is 1.92 bits per heavy atom. The number of hydrogen-bond donors (Lipinski definition) is 2. The van der Waals surface area contributed by atoms with Gasteiger partial charge in [-0.05, 0) is 23.3 Å². The van der Waals surface area contributed by atoms with Crippen molar-refractivity contribution in [2.75, 3.05) is 13.2 Å². The monoisotopic (exact) mass is 344 g/mol. The predicted molar refractivity (Wildman–Crippen MR) is 94.8 cm³/mol. The Bertz CT molecular complexity index is 782. The lowest BCUT2D eigenvalue weighted by molar-refractivity contribution is -0.685. The first kappa shape index (κ1) is 20.3. The summed E-state index contributed by atoms with van der Waals surface area (Å²) in [5.41, 5.74) is 0.621. The van der Waals surface area contributed by atoms with E-state index in [-0.39, 0.29) is 20.6 Å². The van der Waals surface area contributed by atoms with Gasteiger partial charge in [-0.3, -0.25) is 0 Å². The molecule has 134 valence electrons. The van der Waals surface area contributed by atoms with Gasteiger partial charge in [0.2, 0.25) is 0 Å². The molecule has 2 N–H and O–H groups in total. The lowest BCUT2D eigenvalue weighted by Crippen LogP contribution is -2.35. The third-order valence-corrected chi connectivity index (χ3v) is 3.11. The van der Waals surface area contributed by atoms with Gasteiger partial charge in [0.15, 0.2) is 11.3 Å². The maximum absolute atomic E-state index is 9.05. The van der Waals surface area contributed by atoms with Crippen molar-refractivity contribution in [1.82, 2.24) is 4.57 Å². The minimum atomic E-state index is 0. The van der Waals surface area contributed by atoms with Crippen LogP contribution < -0.4 is 10.1 Å². The van der Waals surface area contributed by atoms with Gasteiger partial charge in [0.25, 0.3) is 0 Å². The first-order valence-electron chi connectivity index (χ1n) is 7.60. The van der Waals surface area contributed by atoms with Crippen LogP contribution in [-0.4, -0.2) is 33.8 Å². The average molecular weight is 344 g/mol. The second kappa shape index (κ2) is 11.0. The fourth-order valence-corrected chi connectivity index (χ4v) is 1.98. The van der Waals surface area contributed by atoms with E-state index in [9.17, 15) is 0 Å². The minimum absolute atomic E-state index is 0. The number of rotatable bonds is 6. The summed E-state index contributed by atoms with van der Waals surface area (Å²) in [5, 5.41) is 34.5. The van der Waals surface area contributed by atoms with Gasteiger partial charge < -0.3 is 22.2 Å². The average Bonchev–Trinajstić information content (AvgIpc) is 2.61. The molecule has 0 amide bonds. The molecule has 2 aromatic heterocycles. The molecule has 0 bridgehead atoms. The summed E-state index contributed by atoms with van der Waals surface area (Å²) in [6, 6.07) is 11.0. The Labute approximate surface area is 147 Å². The molecule has 0 aliphatic carbocycles. The Kier molecular flexibility index (Phi) is 8.91. The molecule has 2 aromatic rings. The SMILES string of the molecule is C/C(N=Nc1cccc[n+]1CCO)=N\N=c1/ccccn1CCO.[CH3-]. The van der Waals surface area contributed by atoms with Gasteiger partial charge in [0, 0.05) is 25.7 Å². The van der Waals surface area contributed by atoms with Gasteiger partial charge in [-0.1, -0.05) is 12.1 Å². The summed E-state index contributed by atoms with van der Waals surface area (Å²) in [7, 11) is 0. The smallest absolute Gasteiger partial charge is 0.350 e. The summed E-state index contributed by atoms with van der Waals surface area (Å²) in [6.07, 6.45) is 3.65. The number of pyridine rings is 2. The van der Waals surface area contributed by atoms with Crippen molar-refractivity contribution < 1.29 is 14.8 Å². The summed E-state index contributed by atoms with van der Waals surface area (Å²) >= 11 is 0. The number of amidine groups is 1. The molecular weight excluding hydrogens is 320 g/mol. The van der Waals surface area contributed by atoms with E-state index in [2.05, 4.69) is 20.4 Å². The van der Waals surface area contributed by atoms with Crippen molar-refractivity contribution in [2.24, 2.45) is 20.4 Å². The zero-order valence-electron chi connectivity index (χ0n) is 14.5. The van der Waals surface area contributed by atoms with Crippen LogP contribution >= 0.6 is 0 Å². The summed E-state index contributed by atoms with van der Waals surface area (Å²) in [5.74, 6) is 1.02. The van der Waals surface area contributed by atoms with E-state index in [4.69, 9.17) is 10.2 Å². The Morgan fingerprint density at radius 3 is 2.68 bits per heavy atom. The van der Waals surface area contributed by atoms with Gasteiger partial charge in [0.05, 0.1) is 24.5 Å². The topological polar surface area (TPSA) is 98.7 Å². The maximum Gasteiger partial charge on any atom is 0.350 e. The molecule has 2 heterocycles. The van der Waals surface area contributed by atoms with Crippen LogP contribution in [-0.2, 0) is 13.1 Å². The van der Waals surface area contributed by atoms with Crippen molar-refractivity contribution in [1.29, 1.82) is 0 Å². The highest BCUT2D eigenvalue weighted by atomic mass is 16.3. The number of aliphatic hydroxyl groups is 2. The third kappa shape index (κ3) is 6.36. The molecule has 8 heteroatoms. The molecule has 0 unspecified atom stereocenters. The Balaban J connectivity index is 0.00000312. The highest BCUT2D eigenvalue weighted by molar-refractivity contribution is 5.79. The normalized spacial score (nSPS) is 12.4. The summed E-state index contributed by atoms with van der Waals surface area (Å²) < 4.78 is 3.58. The molecule has 0 fully saturated rings. The zero-order chi connectivity index (χ0) is 17.2. The van der Waals surface area contributed by atoms with Crippen molar-refractivity contribution in [3.63, 3.8) is 0 Å². The van der Waals surface area contributed by atoms with Crippen LogP contribution in [0, 0.1) is 7.43 Å². The molecule has 2 rings (SSSR count). The number of aliphatic hydroxyl groups excluding tert-OH is 2. The van der Waals surface area contributed by atoms with Crippen molar-refractivity contribution in [3.05, 3.63) is 61.7 Å². The number of aromatic nitrogens is 2. The minimum Gasteiger partial charge on any atom is -0.395 e. The van der Waals surface area contributed by atoms with Crippen LogP contribution in [0.4, 0.5) is 5.82 Å². The van der Waals surface area contributed by atoms with Crippen LogP contribution in [0.3, 0.4) is 0 Å². The van der Waals surface area contributed by atoms with Gasteiger partial charge in [-0.15, -0.1) is 10.2 Å². The molecule has 25 heavy (non-hydrogen) atoms. The Morgan fingerprint density at radius 1 is 1.12 bits per heavy atom. The van der Waals surface area contributed by atoms with Gasteiger partial charge in [-0.2, -0.15) is 0 Å². The lowest BCUT2D eigenvalue weighted by atomic mass is 10.4. The van der Waals surface area contributed by atoms with E-state index in [0.717, 1.165) is 0 Å². The fourth-order valence-electron chi connectivity index (χ4n) is 1.98. The quantitative estimate of drug-likeness (QED) is 0.206. The van der Waals surface area contributed by atoms with Crippen LogP contribution in [0.2, 0.25) is 0 Å². The van der Waals surface area contributed by atoms with Crippen LogP contribution in [0.5, 0.6) is 0 Å². The third-order valence-electron chi connectivity index (χ3n) is 3.11. The lowest BCUT2D eigenvalue weighted by Gasteiger charge is -2.02. The molecule has 0 saturated carbocycles. The van der Waals surface area contributed by atoms with Crippen molar-refractivity contribution >= 4 is 11.7 Å². The van der Waals surface area contributed by atoms with Crippen LogP contribution in [0.15, 0.2) is 69.2 Å². The number of nitrogens with zero attached hydrogens (tertiary/aromatic N) is 6. The Hall–Kier alpha value is -2.71. The number of azo groups is 1. The van der Waals surface area contributed by atoms with E-state index in [0.29, 0.717) is 30.2 Å². The summed E-state index contributed by atoms with van der Waals surface area (Å²) in [4.78, 5) is 0. The van der Waals surface area contributed by atoms with E-state index >= 15 is 0 Å². The highest BCUT2D eigenvalue weighted by Crippen LogP contribution is 2.04.